The van der Waals surface area contributed by atoms with Gasteiger partial charge in [-0.15, -0.1) is 0 Å². The van der Waals surface area contributed by atoms with Crippen molar-refractivity contribution >= 4 is 16.8 Å². The van der Waals surface area contributed by atoms with Crippen LogP contribution in [0.4, 0.5) is 0 Å². The Bertz CT molecular complexity index is 953. The molecule has 2 N–H and O–H groups in total. The second kappa shape index (κ2) is 8.37. The topological polar surface area (TPSA) is 80.7 Å². The van der Waals surface area contributed by atoms with Crippen molar-refractivity contribution in [2.24, 2.45) is 0 Å². The summed E-state index contributed by atoms with van der Waals surface area (Å²) in [5.74, 6) is 0.538. The molecule has 0 saturated carbocycles. The Morgan fingerprint density at radius 1 is 1.18 bits per heavy atom. The third kappa shape index (κ3) is 3.98. The van der Waals surface area contributed by atoms with Gasteiger partial charge in [0.15, 0.2) is 0 Å². The van der Waals surface area contributed by atoms with E-state index < -0.39 is 0 Å². The summed E-state index contributed by atoms with van der Waals surface area (Å²) in [6.07, 6.45) is 2.11. The van der Waals surface area contributed by atoms with E-state index in [2.05, 4.69) is 10.3 Å². The third-order valence-electron chi connectivity index (χ3n) is 4.90. The summed E-state index contributed by atoms with van der Waals surface area (Å²) in [5.41, 5.74) is 2.21. The van der Waals surface area contributed by atoms with Crippen molar-refractivity contribution in [3.63, 3.8) is 0 Å². The van der Waals surface area contributed by atoms with Gasteiger partial charge >= 0.3 is 0 Å². The first-order valence-electron chi connectivity index (χ1n) is 9.33. The molecule has 1 fully saturated rings. The van der Waals surface area contributed by atoms with Gasteiger partial charge in [-0.3, -0.25) is 9.78 Å². The van der Waals surface area contributed by atoms with Gasteiger partial charge in [0.2, 0.25) is 0 Å². The lowest BCUT2D eigenvalue weighted by Crippen LogP contribution is -2.51. The quantitative estimate of drug-likeness (QED) is 0.714. The van der Waals surface area contributed by atoms with Gasteiger partial charge in [-0.2, -0.15) is 0 Å². The molecule has 1 aliphatic rings. The molecule has 0 bridgehead atoms. The van der Waals surface area contributed by atoms with E-state index in [1.807, 2.05) is 54.6 Å². The molecular formula is C22H22N2O4. The minimum absolute atomic E-state index is 0.00854. The minimum Gasteiger partial charge on any atom is -0.486 e. The maximum absolute atomic E-state index is 12.9. The van der Waals surface area contributed by atoms with Gasteiger partial charge in [0.05, 0.1) is 24.8 Å². The second-order valence-corrected chi connectivity index (χ2v) is 6.78. The number of ether oxygens (including phenoxy) is 2. The predicted molar refractivity (Wildman–Crippen MR) is 105 cm³/mol. The number of aliphatic hydroxyl groups is 1. The van der Waals surface area contributed by atoms with Crippen LogP contribution in [0.3, 0.4) is 0 Å². The average Bonchev–Trinajstić information content (AvgIpc) is 2.75. The second-order valence-electron chi connectivity index (χ2n) is 6.78. The maximum atomic E-state index is 12.9. The standard InChI is InChI=1S/C22H22N2O4/c25-13-15-6-8-16(9-7-15)28-21-14-27-12-10-20(21)24-22(26)18-3-1-5-19-17(18)4-2-11-23-19/h1-9,11,20-21,25H,10,12-14H2,(H,24,26)/t20-,21-/m1/s1. The highest BCUT2D eigenvalue weighted by Crippen LogP contribution is 2.21. The first kappa shape index (κ1) is 18.4. The third-order valence-corrected chi connectivity index (χ3v) is 4.90. The number of hydrogen-bond donors (Lipinski definition) is 2. The van der Waals surface area contributed by atoms with Crippen molar-refractivity contribution in [1.82, 2.24) is 10.3 Å². The van der Waals surface area contributed by atoms with Crippen molar-refractivity contribution < 1.29 is 19.4 Å². The fourth-order valence-electron chi connectivity index (χ4n) is 3.39. The molecule has 6 heteroatoms. The Morgan fingerprint density at radius 2 is 2.04 bits per heavy atom. The number of aromatic nitrogens is 1. The number of nitrogens with zero attached hydrogens (tertiary/aromatic N) is 1. The van der Waals surface area contributed by atoms with Crippen LogP contribution >= 0.6 is 0 Å². The highest BCUT2D eigenvalue weighted by atomic mass is 16.5. The lowest BCUT2D eigenvalue weighted by Gasteiger charge is -2.32. The van der Waals surface area contributed by atoms with Crippen molar-refractivity contribution in [3.8, 4) is 5.75 Å². The Balaban J connectivity index is 1.50. The molecule has 2 aromatic carbocycles. The lowest BCUT2D eigenvalue weighted by molar-refractivity contribution is -0.0135. The van der Waals surface area contributed by atoms with Crippen LogP contribution in [-0.4, -0.2) is 41.4 Å². The van der Waals surface area contributed by atoms with Gasteiger partial charge in [-0.05, 0) is 42.3 Å². The SMILES string of the molecule is O=C(N[C@@H]1CCOC[C@H]1Oc1ccc(CO)cc1)c1cccc2ncccc12. The molecule has 1 amide bonds. The van der Waals surface area contributed by atoms with Gasteiger partial charge in [0.25, 0.3) is 5.91 Å². The summed E-state index contributed by atoms with van der Waals surface area (Å²) >= 11 is 0. The largest absolute Gasteiger partial charge is 0.486 e. The molecule has 0 aliphatic carbocycles. The predicted octanol–water partition coefficient (Wildman–Crippen LogP) is 2.69. The van der Waals surface area contributed by atoms with Crippen LogP contribution in [-0.2, 0) is 11.3 Å². The number of amides is 1. The monoisotopic (exact) mass is 378 g/mol. The first-order valence-corrected chi connectivity index (χ1v) is 9.33. The zero-order valence-electron chi connectivity index (χ0n) is 15.4. The van der Waals surface area contributed by atoms with E-state index in [4.69, 9.17) is 14.6 Å². The summed E-state index contributed by atoms with van der Waals surface area (Å²) < 4.78 is 11.6. The van der Waals surface area contributed by atoms with Crippen molar-refractivity contribution in [2.45, 2.75) is 25.2 Å². The highest BCUT2D eigenvalue weighted by molar-refractivity contribution is 6.06. The van der Waals surface area contributed by atoms with Crippen molar-refractivity contribution in [3.05, 3.63) is 71.9 Å². The van der Waals surface area contributed by atoms with E-state index >= 15 is 0 Å². The average molecular weight is 378 g/mol. The smallest absolute Gasteiger partial charge is 0.252 e. The fourth-order valence-corrected chi connectivity index (χ4v) is 3.39. The van der Waals surface area contributed by atoms with Gasteiger partial charge in [-0.1, -0.05) is 24.3 Å². The van der Waals surface area contributed by atoms with Crippen molar-refractivity contribution in [1.29, 1.82) is 0 Å². The summed E-state index contributed by atoms with van der Waals surface area (Å²) in [6.45, 7) is 0.973. The molecule has 144 valence electrons. The van der Waals surface area contributed by atoms with E-state index in [1.54, 1.807) is 6.20 Å². The van der Waals surface area contributed by atoms with Gasteiger partial charge in [-0.25, -0.2) is 0 Å². The number of pyridine rings is 1. The zero-order valence-corrected chi connectivity index (χ0v) is 15.4. The number of carbonyl (C=O) groups excluding carboxylic acids is 1. The van der Waals surface area contributed by atoms with Crippen LogP contribution in [0.5, 0.6) is 5.75 Å². The Hall–Kier alpha value is -2.96. The zero-order chi connectivity index (χ0) is 19.3. The summed E-state index contributed by atoms with van der Waals surface area (Å²) in [5, 5.41) is 13.1. The van der Waals surface area contributed by atoms with Crippen molar-refractivity contribution in [2.75, 3.05) is 13.2 Å². The molecule has 0 spiro atoms. The molecule has 3 aromatic rings. The van der Waals surface area contributed by atoms with Gasteiger partial charge < -0.3 is 19.9 Å². The summed E-state index contributed by atoms with van der Waals surface area (Å²) in [4.78, 5) is 17.3. The van der Waals surface area contributed by atoms with E-state index in [0.717, 1.165) is 16.5 Å². The number of benzene rings is 2. The molecular weight excluding hydrogens is 356 g/mol. The van der Waals surface area contributed by atoms with E-state index in [0.29, 0.717) is 30.9 Å². The molecule has 0 radical (unpaired) electrons. The Labute approximate surface area is 163 Å². The Morgan fingerprint density at radius 3 is 2.86 bits per heavy atom. The van der Waals surface area contributed by atoms with E-state index in [9.17, 15) is 4.79 Å². The molecule has 0 unspecified atom stereocenters. The van der Waals surface area contributed by atoms with Crippen LogP contribution in [0.1, 0.15) is 22.3 Å². The van der Waals surface area contributed by atoms with Crippen LogP contribution in [0.25, 0.3) is 10.9 Å². The molecule has 1 aromatic heterocycles. The molecule has 28 heavy (non-hydrogen) atoms. The van der Waals surface area contributed by atoms with Gasteiger partial charge in [0.1, 0.15) is 11.9 Å². The van der Waals surface area contributed by atoms with Crippen LogP contribution in [0.15, 0.2) is 60.8 Å². The number of nitrogens with one attached hydrogen (secondary N) is 1. The normalized spacial score (nSPS) is 19.3. The molecule has 2 atom stereocenters. The maximum Gasteiger partial charge on any atom is 0.252 e. The number of rotatable bonds is 5. The lowest BCUT2D eigenvalue weighted by atomic mass is 10.0. The summed E-state index contributed by atoms with van der Waals surface area (Å²) in [6, 6.07) is 16.4. The Kier molecular flexibility index (Phi) is 5.50. The van der Waals surface area contributed by atoms with E-state index in [1.165, 1.54) is 0 Å². The fraction of sp³-hybridized carbons (Fsp3) is 0.273. The summed E-state index contributed by atoms with van der Waals surface area (Å²) in [7, 11) is 0. The number of hydrogen-bond acceptors (Lipinski definition) is 5. The number of aliphatic hydroxyl groups excluding tert-OH is 1. The van der Waals surface area contributed by atoms with Crippen LogP contribution in [0.2, 0.25) is 0 Å². The number of fused-ring (bicyclic) bond motifs is 1. The van der Waals surface area contributed by atoms with Crippen LogP contribution < -0.4 is 10.1 Å². The molecule has 1 aliphatic heterocycles. The highest BCUT2D eigenvalue weighted by Gasteiger charge is 2.29. The molecule has 4 rings (SSSR count). The molecule has 2 heterocycles. The minimum atomic E-state index is -0.286. The van der Waals surface area contributed by atoms with Crippen LogP contribution in [0, 0.1) is 0 Å². The number of carbonyl (C=O) groups is 1. The van der Waals surface area contributed by atoms with Gasteiger partial charge in [0, 0.05) is 23.8 Å². The van der Waals surface area contributed by atoms with E-state index in [-0.39, 0.29) is 24.7 Å². The molecule has 6 nitrogen and oxygen atoms in total. The first-order chi connectivity index (χ1) is 13.7. The molecule has 1 saturated heterocycles.